The van der Waals surface area contributed by atoms with Crippen molar-refractivity contribution in [1.82, 2.24) is 0 Å². The predicted octanol–water partition coefficient (Wildman–Crippen LogP) is 3.12. The predicted molar refractivity (Wildman–Crippen MR) is 81.0 cm³/mol. The maximum atomic E-state index is 12.3. The first-order valence-electron chi connectivity index (χ1n) is 7.88. The van der Waals surface area contributed by atoms with Gasteiger partial charge in [-0.1, -0.05) is 19.1 Å². The molecule has 1 aromatic carbocycles. The number of ether oxygens (including phenoxy) is 2. The summed E-state index contributed by atoms with van der Waals surface area (Å²) in [4.78, 5) is 12.3. The van der Waals surface area contributed by atoms with E-state index in [2.05, 4.69) is 24.4 Å². The van der Waals surface area contributed by atoms with Crippen LogP contribution in [0.2, 0.25) is 0 Å². The average Bonchev–Trinajstić information content (AvgIpc) is 2.97. The Hall–Kier alpha value is -1.39. The Morgan fingerprint density at radius 3 is 2.38 bits per heavy atom. The molecule has 0 unspecified atom stereocenters. The molecule has 21 heavy (non-hydrogen) atoms. The molecule has 2 fully saturated rings. The van der Waals surface area contributed by atoms with Crippen LogP contribution in [-0.2, 0) is 20.7 Å². The van der Waals surface area contributed by atoms with Gasteiger partial charge in [0.1, 0.15) is 0 Å². The summed E-state index contributed by atoms with van der Waals surface area (Å²) < 4.78 is 11.4. The summed E-state index contributed by atoms with van der Waals surface area (Å²) in [6, 6.07) is 8.08. The molecule has 0 radical (unpaired) electrons. The van der Waals surface area contributed by atoms with Crippen LogP contribution in [0.3, 0.4) is 0 Å². The van der Waals surface area contributed by atoms with Gasteiger partial charge in [0.15, 0.2) is 5.79 Å². The van der Waals surface area contributed by atoms with E-state index in [4.69, 9.17) is 9.47 Å². The quantitative estimate of drug-likeness (QED) is 0.930. The third-order valence-corrected chi connectivity index (χ3v) is 4.56. The average molecular weight is 289 g/mol. The van der Waals surface area contributed by atoms with Crippen LogP contribution in [0, 0.1) is 5.92 Å². The number of hydrogen-bond donors (Lipinski definition) is 1. The zero-order chi connectivity index (χ0) is 14.7. The number of aryl methyl sites for hydroxylation is 1. The van der Waals surface area contributed by atoms with Crippen LogP contribution in [-0.4, -0.2) is 24.9 Å². The fourth-order valence-corrected chi connectivity index (χ4v) is 3.17. The Balaban J connectivity index is 1.54. The summed E-state index contributed by atoms with van der Waals surface area (Å²) in [6.07, 6.45) is 4.32. The van der Waals surface area contributed by atoms with Gasteiger partial charge < -0.3 is 14.8 Å². The second kappa shape index (κ2) is 6.16. The standard InChI is InChI=1S/C17H23NO3/c1-2-13-3-5-15(6-4-13)18-16(19)14-7-9-17(10-8-14)20-11-12-21-17/h3-6,14H,2,7-12H2,1H3,(H,18,19). The van der Waals surface area contributed by atoms with Crippen LogP contribution in [0.5, 0.6) is 0 Å². The fourth-order valence-electron chi connectivity index (χ4n) is 3.17. The van der Waals surface area contributed by atoms with Gasteiger partial charge in [-0.15, -0.1) is 0 Å². The third kappa shape index (κ3) is 3.27. The number of hydrogen-bond acceptors (Lipinski definition) is 3. The van der Waals surface area contributed by atoms with Gasteiger partial charge in [-0.2, -0.15) is 0 Å². The van der Waals surface area contributed by atoms with Crippen LogP contribution < -0.4 is 5.32 Å². The van der Waals surface area contributed by atoms with Gasteiger partial charge in [0.2, 0.25) is 5.91 Å². The van der Waals surface area contributed by atoms with Crippen molar-refractivity contribution in [2.45, 2.75) is 44.8 Å². The molecule has 1 amide bonds. The highest BCUT2D eigenvalue weighted by atomic mass is 16.7. The molecule has 4 nitrogen and oxygen atoms in total. The van der Waals surface area contributed by atoms with E-state index >= 15 is 0 Å². The zero-order valence-electron chi connectivity index (χ0n) is 12.6. The van der Waals surface area contributed by atoms with Crippen molar-refractivity contribution in [3.8, 4) is 0 Å². The van der Waals surface area contributed by atoms with Gasteiger partial charge in [0, 0.05) is 24.4 Å². The van der Waals surface area contributed by atoms with Crippen molar-refractivity contribution in [3.63, 3.8) is 0 Å². The van der Waals surface area contributed by atoms with Gasteiger partial charge >= 0.3 is 0 Å². The van der Waals surface area contributed by atoms with Crippen molar-refractivity contribution in [2.75, 3.05) is 18.5 Å². The topological polar surface area (TPSA) is 47.6 Å². The van der Waals surface area contributed by atoms with Gasteiger partial charge in [-0.05, 0) is 37.0 Å². The molecule has 1 aliphatic carbocycles. The monoisotopic (exact) mass is 289 g/mol. The number of rotatable bonds is 3. The minimum Gasteiger partial charge on any atom is -0.348 e. The lowest BCUT2D eigenvalue weighted by atomic mass is 9.84. The second-order valence-electron chi connectivity index (χ2n) is 5.92. The molecular formula is C17H23NO3. The van der Waals surface area contributed by atoms with E-state index in [1.165, 1.54) is 5.56 Å². The molecule has 1 aromatic rings. The molecule has 3 rings (SSSR count). The first-order valence-corrected chi connectivity index (χ1v) is 7.88. The summed E-state index contributed by atoms with van der Waals surface area (Å²) in [5.74, 6) is -0.208. The number of nitrogens with one attached hydrogen (secondary N) is 1. The maximum Gasteiger partial charge on any atom is 0.227 e. The minimum atomic E-state index is -0.389. The second-order valence-corrected chi connectivity index (χ2v) is 5.92. The maximum absolute atomic E-state index is 12.3. The summed E-state index contributed by atoms with van der Waals surface area (Å²) in [7, 11) is 0. The van der Waals surface area contributed by atoms with Crippen molar-refractivity contribution in [2.24, 2.45) is 5.92 Å². The smallest absolute Gasteiger partial charge is 0.227 e. The van der Waals surface area contributed by atoms with E-state index in [1.807, 2.05) is 12.1 Å². The molecule has 1 saturated carbocycles. The van der Waals surface area contributed by atoms with Crippen molar-refractivity contribution < 1.29 is 14.3 Å². The normalized spacial score (nSPS) is 21.6. The highest BCUT2D eigenvalue weighted by Crippen LogP contribution is 2.38. The van der Waals surface area contributed by atoms with Crippen molar-refractivity contribution in [1.29, 1.82) is 0 Å². The lowest BCUT2D eigenvalue weighted by molar-refractivity contribution is -0.182. The van der Waals surface area contributed by atoms with Gasteiger partial charge in [0.25, 0.3) is 0 Å². The number of anilines is 1. The fraction of sp³-hybridized carbons (Fsp3) is 0.588. The van der Waals surface area contributed by atoms with E-state index in [0.717, 1.165) is 37.8 Å². The van der Waals surface area contributed by atoms with E-state index in [0.29, 0.717) is 13.2 Å². The Morgan fingerprint density at radius 2 is 1.81 bits per heavy atom. The molecule has 4 heteroatoms. The summed E-state index contributed by atoms with van der Waals surface area (Å²) in [6.45, 7) is 3.49. The van der Waals surface area contributed by atoms with Crippen LogP contribution >= 0.6 is 0 Å². The van der Waals surface area contributed by atoms with Crippen LogP contribution in [0.1, 0.15) is 38.2 Å². The van der Waals surface area contributed by atoms with Gasteiger partial charge in [-0.3, -0.25) is 4.79 Å². The van der Waals surface area contributed by atoms with E-state index in [-0.39, 0.29) is 17.6 Å². The lowest BCUT2D eigenvalue weighted by Gasteiger charge is -2.34. The van der Waals surface area contributed by atoms with Crippen LogP contribution in [0.15, 0.2) is 24.3 Å². The van der Waals surface area contributed by atoms with E-state index in [9.17, 15) is 4.79 Å². The Morgan fingerprint density at radius 1 is 1.19 bits per heavy atom. The largest absolute Gasteiger partial charge is 0.348 e. The number of benzene rings is 1. The lowest BCUT2D eigenvalue weighted by Crippen LogP contribution is -2.38. The van der Waals surface area contributed by atoms with Crippen LogP contribution in [0.4, 0.5) is 5.69 Å². The summed E-state index contributed by atoms with van der Waals surface area (Å²) in [5, 5.41) is 3.02. The Labute approximate surface area is 125 Å². The number of carbonyl (C=O) groups is 1. The van der Waals surface area contributed by atoms with Gasteiger partial charge in [0.05, 0.1) is 13.2 Å². The minimum absolute atomic E-state index is 0.0641. The zero-order valence-corrected chi connectivity index (χ0v) is 12.6. The molecule has 0 aromatic heterocycles. The van der Waals surface area contributed by atoms with Crippen LogP contribution in [0.25, 0.3) is 0 Å². The first-order chi connectivity index (χ1) is 10.2. The molecule has 1 aliphatic heterocycles. The molecule has 1 spiro atoms. The molecule has 1 heterocycles. The molecule has 1 saturated heterocycles. The third-order valence-electron chi connectivity index (χ3n) is 4.56. The highest BCUT2D eigenvalue weighted by molar-refractivity contribution is 5.92. The first kappa shape index (κ1) is 14.5. The SMILES string of the molecule is CCc1ccc(NC(=O)C2CCC3(CC2)OCCO3)cc1. The molecule has 2 aliphatic rings. The van der Waals surface area contributed by atoms with E-state index < -0.39 is 0 Å². The van der Waals surface area contributed by atoms with Crippen molar-refractivity contribution >= 4 is 11.6 Å². The molecule has 0 atom stereocenters. The van der Waals surface area contributed by atoms with Crippen molar-refractivity contribution in [3.05, 3.63) is 29.8 Å². The summed E-state index contributed by atoms with van der Waals surface area (Å²) in [5.41, 5.74) is 2.16. The summed E-state index contributed by atoms with van der Waals surface area (Å²) >= 11 is 0. The molecular weight excluding hydrogens is 266 g/mol. The highest BCUT2D eigenvalue weighted by Gasteiger charge is 2.41. The van der Waals surface area contributed by atoms with Gasteiger partial charge in [-0.25, -0.2) is 0 Å². The molecule has 114 valence electrons. The van der Waals surface area contributed by atoms with E-state index in [1.54, 1.807) is 0 Å². The number of amides is 1. The Kier molecular flexibility index (Phi) is 4.27. The molecule has 0 bridgehead atoms. The Bertz CT molecular complexity index is 481. The number of carbonyl (C=O) groups excluding carboxylic acids is 1. The molecule has 1 N–H and O–H groups in total.